The lowest BCUT2D eigenvalue weighted by molar-refractivity contribution is 0.332. The Kier molecular flexibility index (Phi) is 4.44. The van der Waals surface area contributed by atoms with Gasteiger partial charge in [-0.3, -0.25) is 0 Å². The van der Waals surface area contributed by atoms with Gasteiger partial charge in [0.2, 0.25) is 10.0 Å². The summed E-state index contributed by atoms with van der Waals surface area (Å²) in [7, 11) is -3.09. The zero-order valence-electron chi connectivity index (χ0n) is 10.6. The Bertz CT molecular complexity index is 328. The van der Waals surface area contributed by atoms with Gasteiger partial charge < -0.3 is 5.32 Å². The van der Waals surface area contributed by atoms with Crippen molar-refractivity contribution in [1.29, 1.82) is 0 Å². The summed E-state index contributed by atoms with van der Waals surface area (Å²) in [6, 6.07) is 0.340. The first kappa shape index (κ1) is 13.3. The minimum atomic E-state index is -3.09. The SMILES string of the molecule is CC1CCC(NS(=O)(=O)CC2CCCN2)CC1. The van der Waals surface area contributed by atoms with Gasteiger partial charge in [-0.1, -0.05) is 6.92 Å². The van der Waals surface area contributed by atoms with Gasteiger partial charge in [0.15, 0.2) is 0 Å². The number of rotatable bonds is 4. The molecule has 0 aromatic carbocycles. The Balaban J connectivity index is 1.80. The van der Waals surface area contributed by atoms with Crippen LogP contribution in [-0.2, 0) is 10.0 Å². The summed E-state index contributed by atoms with van der Waals surface area (Å²) in [5, 5.41) is 3.24. The highest BCUT2D eigenvalue weighted by Crippen LogP contribution is 2.24. The maximum Gasteiger partial charge on any atom is 0.213 e. The molecule has 0 bridgehead atoms. The lowest BCUT2D eigenvalue weighted by Crippen LogP contribution is -2.42. The van der Waals surface area contributed by atoms with Gasteiger partial charge in [-0.05, 0) is 51.0 Å². The summed E-state index contributed by atoms with van der Waals surface area (Å²) in [4.78, 5) is 0. The van der Waals surface area contributed by atoms with Crippen LogP contribution in [0.25, 0.3) is 0 Å². The molecule has 17 heavy (non-hydrogen) atoms. The van der Waals surface area contributed by atoms with E-state index in [1.54, 1.807) is 0 Å². The van der Waals surface area contributed by atoms with Gasteiger partial charge in [0.25, 0.3) is 0 Å². The van der Waals surface area contributed by atoms with Crippen molar-refractivity contribution in [2.45, 2.75) is 57.5 Å². The van der Waals surface area contributed by atoms with E-state index in [0.717, 1.165) is 51.0 Å². The molecule has 0 amide bonds. The highest BCUT2D eigenvalue weighted by Gasteiger charge is 2.26. The number of hydrogen-bond acceptors (Lipinski definition) is 3. The van der Waals surface area contributed by atoms with Crippen LogP contribution in [0.1, 0.15) is 45.4 Å². The standard InChI is InChI=1S/C12H24N2O2S/c1-10-4-6-11(7-5-10)14-17(15,16)9-12-3-2-8-13-12/h10-14H,2-9H2,1H3. The van der Waals surface area contributed by atoms with E-state index < -0.39 is 10.0 Å². The second kappa shape index (κ2) is 5.67. The molecule has 1 aliphatic carbocycles. The van der Waals surface area contributed by atoms with E-state index >= 15 is 0 Å². The average molecular weight is 260 g/mol. The second-order valence-electron chi connectivity index (χ2n) is 5.65. The van der Waals surface area contributed by atoms with Gasteiger partial charge in [-0.25, -0.2) is 13.1 Å². The van der Waals surface area contributed by atoms with Crippen molar-refractivity contribution in [3.63, 3.8) is 0 Å². The smallest absolute Gasteiger partial charge is 0.213 e. The van der Waals surface area contributed by atoms with Crippen LogP contribution in [0.2, 0.25) is 0 Å². The minimum Gasteiger partial charge on any atom is -0.313 e. The molecule has 1 aliphatic heterocycles. The molecule has 4 nitrogen and oxygen atoms in total. The topological polar surface area (TPSA) is 58.2 Å². The van der Waals surface area contributed by atoms with Gasteiger partial charge in [0.1, 0.15) is 0 Å². The predicted molar refractivity (Wildman–Crippen MR) is 69.4 cm³/mol. The normalized spacial score (nSPS) is 35.0. The van der Waals surface area contributed by atoms with E-state index in [9.17, 15) is 8.42 Å². The van der Waals surface area contributed by atoms with Crippen molar-refractivity contribution in [3.8, 4) is 0 Å². The molecule has 1 atom stereocenters. The molecule has 0 aromatic rings. The molecule has 1 heterocycles. The van der Waals surface area contributed by atoms with Crippen LogP contribution in [0.4, 0.5) is 0 Å². The first-order chi connectivity index (χ1) is 8.05. The Morgan fingerprint density at radius 3 is 2.47 bits per heavy atom. The van der Waals surface area contributed by atoms with Crippen molar-refractivity contribution in [3.05, 3.63) is 0 Å². The van der Waals surface area contributed by atoms with Crippen LogP contribution in [-0.4, -0.2) is 32.8 Å². The summed E-state index contributed by atoms with van der Waals surface area (Å²) in [5.74, 6) is 1.01. The molecule has 2 fully saturated rings. The van der Waals surface area contributed by atoms with Gasteiger partial charge in [0.05, 0.1) is 5.75 Å². The first-order valence-corrected chi connectivity index (χ1v) is 8.44. The Labute approximate surface area is 105 Å². The molecule has 0 spiro atoms. The molecule has 100 valence electrons. The number of sulfonamides is 1. The number of hydrogen-bond donors (Lipinski definition) is 2. The van der Waals surface area contributed by atoms with Crippen molar-refractivity contribution >= 4 is 10.0 Å². The summed E-state index contributed by atoms with van der Waals surface area (Å²) in [5.41, 5.74) is 0. The van der Waals surface area contributed by atoms with E-state index in [4.69, 9.17) is 0 Å². The van der Waals surface area contributed by atoms with Crippen LogP contribution in [0.3, 0.4) is 0 Å². The monoisotopic (exact) mass is 260 g/mol. The summed E-state index contributed by atoms with van der Waals surface area (Å²) in [6.07, 6.45) is 6.38. The molecule has 5 heteroatoms. The lowest BCUT2D eigenvalue weighted by Gasteiger charge is -2.27. The number of nitrogens with one attached hydrogen (secondary N) is 2. The maximum atomic E-state index is 12.0. The third-order valence-electron chi connectivity index (χ3n) is 3.95. The Morgan fingerprint density at radius 1 is 1.18 bits per heavy atom. The van der Waals surface area contributed by atoms with Crippen molar-refractivity contribution in [1.82, 2.24) is 10.0 Å². The third-order valence-corrected chi connectivity index (χ3v) is 5.48. The predicted octanol–water partition coefficient (Wildman–Crippen LogP) is 1.24. The molecule has 0 radical (unpaired) electrons. The molecule has 0 aromatic heterocycles. The zero-order valence-corrected chi connectivity index (χ0v) is 11.4. The van der Waals surface area contributed by atoms with Crippen LogP contribution >= 0.6 is 0 Å². The average Bonchev–Trinajstić information content (AvgIpc) is 2.73. The van der Waals surface area contributed by atoms with Gasteiger partial charge in [-0.2, -0.15) is 0 Å². The zero-order chi connectivity index (χ0) is 12.3. The lowest BCUT2D eigenvalue weighted by atomic mass is 9.88. The van der Waals surface area contributed by atoms with Crippen molar-refractivity contribution in [2.24, 2.45) is 5.92 Å². The Morgan fingerprint density at radius 2 is 1.88 bits per heavy atom. The van der Waals surface area contributed by atoms with Gasteiger partial charge in [0, 0.05) is 12.1 Å². The molecular weight excluding hydrogens is 236 g/mol. The van der Waals surface area contributed by atoms with Crippen LogP contribution in [0.5, 0.6) is 0 Å². The van der Waals surface area contributed by atoms with Crippen LogP contribution in [0.15, 0.2) is 0 Å². The fourth-order valence-electron chi connectivity index (χ4n) is 2.84. The molecule has 1 unspecified atom stereocenters. The van der Waals surface area contributed by atoms with E-state index in [-0.39, 0.29) is 17.8 Å². The van der Waals surface area contributed by atoms with E-state index in [2.05, 4.69) is 17.0 Å². The summed E-state index contributed by atoms with van der Waals surface area (Å²) >= 11 is 0. The summed E-state index contributed by atoms with van der Waals surface area (Å²) < 4.78 is 26.8. The molecular formula is C12H24N2O2S. The summed E-state index contributed by atoms with van der Waals surface area (Å²) in [6.45, 7) is 3.20. The largest absolute Gasteiger partial charge is 0.313 e. The highest BCUT2D eigenvalue weighted by molar-refractivity contribution is 7.89. The van der Waals surface area contributed by atoms with E-state index in [1.165, 1.54) is 0 Å². The Hall–Kier alpha value is -0.130. The molecule has 1 saturated heterocycles. The first-order valence-electron chi connectivity index (χ1n) is 6.78. The van der Waals surface area contributed by atoms with E-state index in [1.807, 2.05) is 0 Å². The fourth-order valence-corrected chi connectivity index (χ4v) is 4.50. The van der Waals surface area contributed by atoms with Crippen molar-refractivity contribution in [2.75, 3.05) is 12.3 Å². The quantitative estimate of drug-likeness (QED) is 0.799. The molecule has 2 rings (SSSR count). The van der Waals surface area contributed by atoms with E-state index in [0.29, 0.717) is 0 Å². The third kappa shape index (κ3) is 4.23. The molecule has 2 aliphatic rings. The fraction of sp³-hybridized carbons (Fsp3) is 1.00. The van der Waals surface area contributed by atoms with Crippen molar-refractivity contribution < 1.29 is 8.42 Å². The maximum absolute atomic E-state index is 12.0. The van der Waals surface area contributed by atoms with Crippen LogP contribution < -0.4 is 10.0 Å². The second-order valence-corrected chi connectivity index (χ2v) is 7.45. The molecule has 2 N–H and O–H groups in total. The molecule has 1 saturated carbocycles. The van der Waals surface area contributed by atoms with Gasteiger partial charge >= 0.3 is 0 Å². The minimum absolute atomic E-state index is 0.162. The van der Waals surface area contributed by atoms with Crippen LogP contribution in [0, 0.1) is 5.92 Å². The highest BCUT2D eigenvalue weighted by atomic mass is 32.2. The van der Waals surface area contributed by atoms with Gasteiger partial charge in [-0.15, -0.1) is 0 Å².